The second kappa shape index (κ2) is 8.17. The highest BCUT2D eigenvalue weighted by atomic mass is 16.5. The van der Waals surface area contributed by atoms with E-state index >= 15 is 0 Å². The molecule has 0 fully saturated rings. The van der Waals surface area contributed by atoms with E-state index in [0.717, 1.165) is 30.8 Å². The molecule has 0 saturated heterocycles. The van der Waals surface area contributed by atoms with Crippen LogP contribution in [0.25, 0.3) is 0 Å². The SMILES string of the molecule is COc1cccc(CCNCCC(=O)N2c3ccccc3CC2C)c1. The van der Waals surface area contributed by atoms with Gasteiger partial charge in [-0.25, -0.2) is 0 Å². The van der Waals surface area contributed by atoms with Crippen LogP contribution in [-0.4, -0.2) is 32.1 Å². The quantitative estimate of drug-likeness (QED) is 0.788. The van der Waals surface area contributed by atoms with Gasteiger partial charge in [-0.1, -0.05) is 30.3 Å². The molecule has 0 saturated carbocycles. The number of anilines is 1. The monoisotopic (exact) mass is 338 g/mol. The molecular formula is C21H26N2O2. The predicted molar refractivity (Wildman–Crippen MR) is 101 cm³/mol. The number of methoxy groups -OCH3 is 1. The summed E-state index contributed by atoms with van der Waals surface area (Å²) in [4.78, 5) is 14.6. The molecule has 0 radical (unpaired) electrons. The lowest BCUT2D eigenvalue weighted by atomic mass is 10.1. The zero-order valence-corrected chi connectivity index (χ0v) is 15.0. The first-order chi connectivity index (χ1) is 12.2. The van der Waals surface area contributed by atoms with Gasteiger partial charge in [0.1, 0.15) is 5.75 Å². The first-order valence-electron chi connectivity index (χ1n) is 8.92. The third-order valence-electron chi connectivity index (χ3n) is 4.72. The first kappa shape index (κ1) is 17.5. The molecule has 0 aliphatic carbocycles. The molecule has 1 N–H and O–H groups in total. The highest BCUT2D eigenvalue weighted by Crippen LogP contribution is 2.32. The molecule has 25 heavy (non-hydrogen) atoms. The van der Waals surface area contributed by atoms with Crippen molar-refractivity contribution < 1.29 is 9.53 Å². The van der Waals surface area contributed by atoms with Crippen LogP contribution < -0.4 is 15.0 Å². The lowest BCUT2D eigenvalue weighted by Gasteiger charge is -2.22. The van der Waals surface area contributed by atoms with Crippen LogP contribution in [0.4, 0.5) is 5.69 Å². The van der Waals surface area contributed by atoms with Crippen LogP contribution in [0.2, 0.25) is 0 Å². The van der Waals surface area contributed by atoms with Crippen LogP contribution in [0.5, 0.6) is 5.75 Å². The first-order valence-corrected chi connectivity index (χ1v) is 8.92. The van der Waals surface area contributed by atoms with E-state index in [1.165, 1.54) is 11.1 Å². The van der Waals surface area contributed by atoms with E-state index in [2.05, 4.69) is 30.4 Å². The third-order valence-corrected chi connectivity index (χ3v) is 4.72. The van der Waals surface area contributed by atoms with Crippen LogP contribution in [0.15, 0.2) is 48.5 Å². The van der Waals surface area contributed by atoms with Crippen molar-refractivity contribution in [1.29, 1.82) is 0 Å². The third kappa shape index (κ3) is 4.20. The lowest BCUT2D eigenvalue weighted by molar-refractivity contribution is -0.118. The average molecular weight is 338 g/mol. The Morgan fingerprint density at radius 1 is 1.20 bits per heavy atom. The molecule has 1 heterocycles. The number of nitrogens with zero attached hydrogens (tertiary/aromatic N) is 1. The van der Waals surface area contributed by atoms with Gasteiger partial charge in [-0.15, -0.1) is 0 Å². The van der Waals surface area contributed by atoms with E-state index in [1.54, 1.807) is 7.11 Å². The van der Waals surface area contributed by atoms with Gasteiger partial charge >= 0.3 is 0 Å². The Morgan fingerprint density at radius 3 is 2.88 bits per heavy atom. The van der Waals surface area contributed by atoms with Crippen molar-refractivity contribution in [3.05, 3.63) is 59.7 Å². The topological polar surface area (TPSA) is 41.6 Å². The number of amides is 1. The molecule has 1 aliphatic rings. The van der Waals surface area contributed by atoms with Crippen molar-refractivity contribution in [1.82, 2.24) is 5.32 Å². The van der Waals surface area contributed by atoms with Crippen molar-refractivity contribution in [2.45, 2.75) is 32.2 Å². The van der Waals surface area contributed by atoms with Gasteiger partial charge in [-0.3, -0.25) is 4.79 Å². The standard InChI is InChI=1S/C21H26N2O2/c1-16-14-18-7-3-4-9-20(18)23(16)21(24)11-13-22-12-10-17-6-5-8-19(15-17)25-2/h3-9,15-16,22H,10-14H2,1-2H3. The molecule has 1 atom stereocenters. The Morgan fingerprint density at radius 2 is 2.04 bits per heavy atom. The number of para-hydroxylation sites is 1. The van der Waals surface area contributed by atoms with Crippen molar-refractivity contribution in [2.24, 2.45) is 0 Å². The van der Waals surface area contributed by atoms with Crippen LogP contribution in [0, 0.1) is 0 Å². The van der Waals surface area contributed by atoms with Crippen LogP contribution in [0.3, 0.4) is 0 Å². The number of nitrogens with one attached hydrogen (secondary N) is 1. The summed E-state index contributed by atoms with van der Waals surface area (Å²) in [7, 11) is 1.68. The average Bonchev–Trinajstić information content (AvgIpc) is 2.97. The van der Waals surface area contributed by atoms with Gasteiger partial charge in [-0.2, -0.15) is 0 Å². The van der Waals surface area contributed by atoms with Gasteiger partial charge in [0.25, 0.3) is 0 Å². The predicted octanol–water partition coefficient (Wildman–Crippen LogP) is 3.20. The second-order valence-corrected chi connectivity index (χ2v) is 6.55. The number of carbonyl (C=O) groups excluding carboxylic acids is 1. The molecular weight excluding hydrogens is 312 g/mol. The smallest absolute Gasteiger partial charge is 0.228 e. The van der Waals surface area contributed by atoms with Crippen LogP contribution >= 0.6 is 0 Å². The number of benzene rings is 2. The summed E-state index contributed by atoms with van der Waals surface area (Å²) < 4.78 is 5.24. The maximum atomic E-state index is 12.6. The summed E-state index contributed by atoms with van der Waals surface area (Å²) >= 11 is 0. The fraction of sp³-hybridized carbons (Fsp3) is 0.381. The highest BCUT2D eigenvalue weighted by Gasteiger charge is 2.29. The minimum atomic E-state index is 0.200. The summed E-state index contributed by atoms with van der Waals surface area (Å²) in [5.74, 6) is 1.08. The molecule has 1 amide bonds. The Kier molecular flexibility index (Phi) is 5.71. The molecule has 0 bridgehead atoms. The Balaban J connectivity index is 1.44. The Hall–Kier alpha value is -2.33. The van der Waals surface area contributed by atoms with E-state index in [0.29, 0.717) is 13.0 Å². The number of fused-ring (bicyclic) bond motifs is 1. The summed E-state index contributed by atoms with van der Waals surface area (Å²) in [6, 6.07) is 16.6. The fourth-order valence-electron chi connectivity index (χ4n) is 3.45. The highest BCUT2D eigenvalue weighted by molar-refractivity contribution is 5.96. The van der Waals surface area contributed by atoms with E-state index < -0.39 is 0 Å². The van der Waals surface area contributed by atoms with Gasteiger partial charge in [0, 0.05) is 24.7 Å². The summed E-state index contributed by atoms with van der Waals surface area (Å²) in [6.45, 7) is 3.68. The summed E-state index contributed by atoms with van der Waals surface area (Å²) in [6.07, 6.45) is 2.40. The largest absolute Gasteiger partial charge is 0.497 e. The fourth-order valence-corrected chi connectivity index (χ4v) is 3.45. The molecule has 2 aromatic rings. The molecule has 4 nitrogen and oxygen atoms in total. The molecule has 0 spiro atoms. The van der Waals surface area contributed by atoms with Gasteiger partial charge in [0.05, 0.1) is 7.11 Å². The molecule has 3 rings (SSSR count). The maximum absolute atomic E-state index is 12.6. The van der Waals surface area contributed by atoms with Crippen molar-refractivity contribution in [2.75, 3.05) is 25.1 Å². The van der Waals surface area contributed by atoms with Gasteiger partial charge in [0.15, 0.2) is 0 Å². The van der Waals surface area contributed by atoms with E-state index in [9.17, 15) is 4.79 Å². The van der Waals surface area contributed by atoms with E-state index in [1.807, 2.05) is 35.2 Å². The second-order valence-electron chi connectivity index (χ2n) is 6.55. The molecule has 1 aliphatic heterocycles. The summed E-state index contributed by atoms with van der Waals surface area (Å²) in [5.41, 5.74) is 3.59. The van der Waals surface area contributed by atoms with Crippen molar-refractivity contribution in [3.63, 3.8) is 0 Å². The lowest BCUT2D eigenvalue weighted by Crippen LogP contribution is -2.37. The van der Waals surface area contributed by atoms with Crippen LogP contribution in [0.1, 0.15) is 24.5 Å². The zero-order chi connectivity index (χ0) is 17.6. The molecule has 132 valence electrons. The van der Waals surface area contributed by atoms with Crippen molar-refractivity contribution >= 4 is 11.6 Å². The van der Waals surface area contributed by atoms with Crippen LogP contribution in [-0.2, 0) is 17.6 Å². The van der Waals surface area contributed by atoms with Crippen molar-refractivity contribution in [3.8, 4) is 5.75 Å². The number of hydrogen-bond acceptors (Lipinski definition) is 3. The van der Waals surface area contributed by atoms with Gasteiger partial charge in [0.2, 0.25) is 5.91 Å². The van der Waals surface area contributed by atoms with Gasteiger partial charge < -0.3 is 15.0 Å². The number of ether oxygens (including phenoxy) is 1. The zero-order valence-electron chi connectivity index (χ0n) is 15.0. The Labute approximate surface area is 149 Å². The molecule has 2 aromatic carbocycles. The number of hydrogen-bond donors (Lipinski definition) is 1. The minimum absolute atomic E-state index is 0.200. The maximum Gasteiger partial charge on any atom is 0.228 e. The number of carbonyl (C=O) groups is 1. The molecule has 4 heteroatoms. The van der Waals surface area contributed by atoms with Gasteiger partial charge in [-0.05, 0) is 55.6 Å². The van der Waals surface area contributed by atoms with E-state index in [4.69, 9.17) is 4.74 Å². The molecule has 0 aromatic heterocycles. The normalized spacial score (nSPS) is 15.9. The Bertz CT molecular complexity index is 729. The minimum Gasteiger partial charge on any atom is -0.497 e. The van der Waals surface area contributed by atoms with E-state index in [-0.39, 0.29) is 11.9 Å². The molecule has 1 unspecified atom stereocenters. The number of rotatable bonds is 7. The summed E-state index contributed by atoms with van der Waals surface area (Å²) in [5, 5.41) is 3.38.